The fourth-order valence-electron chi connectivity index (χ4n) is 2.37. The molecule has 25 heavy (non-hydrogen) atoms. The number of methoxy groups -OCH3 is 1. The molecule has 3 heterocycles. The maximum absolute atomic E-state index is 10.8. The molecule has 0 spiro atoms. The van der Waals surface area contributed by atoms with E-state index < -0.39 is 6.09 Å². The lowest BCUT2D eigenvalue weighted by molar-refractivity contribution is 0.157. The van der Waals surface area contributed by atoms with Crippen molar-refractivity contribution >= 4 is 17.6 Å². The lowest BCUT2D eigenvalue weighted by atomic mass is 10.1. The number of pyridine rings is 1. The van der Waals surface area contributed by atoms with E-state index in [0.29, 0.717) is 30.3 Å². The van der Waals surface area contributed by atoms with Crippen LogP contribution in [0, 0.1) is 0 Å². The maximum atomic E-state index is 10.8. The van der Waals surface area contributed by atoms with Gasteiger partial charge >= 0.3 is 6.09 Å². The SMILES string of the molecule is COc1ccncc1-c1cnn2ccc(NCCN(C)C(=O)O)nc12. The number of carbonyl (C=O) groups is 1. The molecule has 0 aliphatic heterocycles. The molecule has 130 valence electrons. The number of fused-ring (bicyclic) bond motifs is 1. The molecule has 3 rings (SSSR count). The van der Waals surface area contributed by atoms with Gasteiger partial charge in [0.15, 0.2) is 5.65 Å². The second-order valence-electron chi connectivity index (χ2n) is 5.35. The lowest BCUT2D eigenvalue weighted by Gasteiger charge is -2.13. The van der Waals surface area contributed by atoms with Gasteiger partial charge in [0.25, 0.3) is 0 Å². The fourth-order valence-corrected chi connectivity index (χ4v) is 2.37. The molecule has 0 saturated carbocycles. The quantitative estimate of drug-likeness (QED) is 0.704. The summed E-state index contributed by atoms with van der Waals surface area (Å²) in [5, 5.41) is 16.3. The first kappa shape index (κ1) is 16.5. The standard InChI is InChI=1S/C16H18N6O3/c1-21(16(23)24)8-6-18-14-4-7-22-15(20-14)12(10-19-22)11-9-17-5-3-13(11)25-2/h3-5,7,9-10H,6,8H2,1-2H3,(H,18,20)(H,23,24). The number of rotatable bonds is 6. The van der Waals surface area contributed by atoms with E-state index in [0.717, 1.165) is 11.1 Å². The van der Waals surface area contributed by atoms with Gasteiger partial charge in [-0.2, -0.15) is 5.10 Å². The predicted molar refractivity (Wildman–Crippen MR) is 91.9 cm³/mol. The zero-order valence-corrected chi connectivity index (χ0v) is 13.9. The summed E-state index contributed by atoms with van der Waals surface area (Å²) in [6.07, 6.45) is 5.90. The first-order valence-electron chi connectivity index (χ1n) is 7.61. The molecule has 0 aliphatic rings. The van der Waals surface area contributed by atoms with Gasteiger partial charge in [0, 0.05) is 44.3 Å². The molecule has 3 aromatic rings. The van der Waals surface area contributed by atoms with Crippen LogP contribution >= 0.6 is 0 Å². The summed E-state index contributed by atoms with van der Waals surface area (Å²) in [6.45, 7) is 0.802. The van der Waals surface area contributed by atoms with Crippen LogP contribution in [-0.2, 0) is 0 Å². The third-order valence-electron chi connectivity index (χ3n) is 3.74. The number of nitrogens with one attached hydrogen (secondary N) is 1. The molecule has 0 aliphatic carbocycles. The highest BCUT2D eigenvalue weighted by atomic mass is 16.5. The number of hydrogen-bond acceptors (Lipinski definition) is 6. The van der Waals surface area contributed by atoms with Gasteiger partial charge in [-0.05, 0) is 12.1 Å². The molecule has 1 amide bonds. The van der Waals surface area contributed by atoms with Crippen molar-refractivity contribution in [2.75, 3.05) is 32.6 Å². The van der Waals surface area contributed by atoms with Crippen LogP contribution in [0.2, 0.25) is 0 Å². The largest absolute Gasteiger partial charge is 0.496 e. The van der Waals surface area contributed by atoms with Crippen molar-refractivity contribution in [2.45, 2.75) is 0 Å². The summed E-state index contributed by atoms with van der Waals surface area (Å²) in [6, 6.07) is 3.56. The summed E-state index contributed by atoms with van der Waals surface area (Å²) in [5.41, 5.74) is 2.26. The van der Waals surface area contributed by atoms with Crippen molar-refractivity contribution in [3.8, 4) is 16.9 Å². The Morgan fingerprint density at radius 2 is 2.20 bits per heavy atom. The maximum Gasteiger partial charge on any atom is 0.407 e. The van der Waals surface area contributed by atoms with Crippen LogP contribution in [0.4, 0.5) is 10.6 Å². The first-order chi connectivity index (χ1) is 12.1. The average molecular weight is 342 g/mol. The van der Waals surface area contributed by atoms with Crippen molar-refractivity contribution in [3.05, 3.63) is 36.9 Å². The molecule has 0 saturated heterocycles. The smallest absolute Gasteiger partial charge is 0.407 e. The number of likely N-dealkylation sites (N-methyl/N-ethyl adjacent to an activating group) is 1. The lowest BCUT2D eigenvalue weighted by Crippen LogP contribution is -2.29. The Bertz CT molecular complexity index is 894. The molecule has 0 bridgehead atoms. The van der Waals surface area contributed by atoms with Crippen LogP contribution in [0.1, 0.15) is 0 Å². The highest BCUT2D eigenvalue weighted by molar-refractivity contribution is 5.81. The molecule has 9 heteroatoms. The van der Waals surface area contributed by atoms with Crippen molar-refractivity contribution in [1.29, 1.82) is 0 Å². The highest BCUT2D eigenvalue weighted by Gasteiger charge is 2.13. The van der Waals surface area contributed by atoms with Gasteiger partial charge < -0.3 is 20.1 Å². The van der Waals surface area contributed by atoms with Gasteiger partial charge in [-0.15, -0.1) is 0 Å². The summed E-state index contributed by atoms with van der Waals surface area (Å²) in [7, 11) is 3.12. The van der Waals surface area contributed by atoms with Crippen LogP contribution < -0.4 is 10.1 Å². The minimum atomic E-state index is -0.966. The number of anilines is 1. The van der Waals surface area contributed by atoms with Crippen LogP contribution in [0.3, 0.4) is 0 Å². The minimum absolute atomic E-state index is 0.352. The van der Waals surface area contributed by atoms with Gasteiger partial charge in [-0.3, -0.25) is 4.98 Å². The Morgan fingerprint density at radius 1 is 1.36 bits per heavy atom. The van der Waals surface area contributed by atoms with E-state index in [4.69, 9.17) is 9.84 Å². The second-order valence-corrected chi connectivity index (χ2v) is 5.35. The molecule has 9 nitrogen and oxygen atoms in total. The summed E-state index contributed by atoms with van der Waals surface area (Å²) >= 11 is 0. The summed E-state index contributed by atoms with van der Waals surface area (Å²) in [5.74, 6) is 1.32. The monoisotopic (exact) mass is 342 g/mol. The third-order valence-corrected chi connectivity index (χ3v) is 3.74. The molecule has 0 atom stereocenters. The normalized spacial score (nSPS) is 10.6. The van der Waals surface area contributed by atoms with Crippen LogP contribution in [-0.4, -0.2) is 62.9 Å². The van der Waals surface area contributed by atoms with Gasteiger partial charge in [-0.25, -0.2) is 14.3 Å². The van der Waals surface area contributed by atoms with Gasteiger partial charge in [-0.1, -0.05) is 0 Å². The fraction of sp³-hybridized carbons (Fsp3) is 0.250. The number of ether oxygens (including phenoxy) is 1. The molecule has 3 aromatic heterocycles. The van der Waals surface area contributed by atoms with Crippen LogP contribution in [0.5, 0.6) is 5.75 Å². The molecule has 0 fully saturated rings. The Hall–Kier alpha value is -3.36. The van der Waals surface area contributed by atoms with E-state index in [1.165, 1.54) is 11.9 Å². The Balaban J connectivity index is 1.86. The van der Waals surface area contributed by atoms with E-state index in [2.05, 4.69) is 20.4 Å². The van der Waals surface area contributed by atoms with Crippen molar-refractivity contribution in [1.82, 2.24) is 24.5 Å². The van der Waals surface area contributed by atoms with Crippen molar-refractivity contribution in [2.24, 2.45) is 0 Å². The van der Waals surface area contributed by atoms with Crippen LogP contribution in [0.15, 0.2) is 36.9 Å². The zero-order chi connectivity index (χ0) is 17.8. The van der Waals surface area contributed by atoms with Gasteiger partial charge in [0.05, 0.1) is 18.9 Å². The average Bonchev–Trinajstić information content (AvgIpc) is 3.04. The van der Waals surface area contributed by atoms with Gasteiger partial charge in [0.1, 0.15) is 11.6 Å². The number of aromatic nitrogens is 4. The van der Waals surface area contributed by atoms with E-state index in [1.807, 2.05) is 0 Å². The number of amides is 1. The molecular weight excluding hydrogens is 324 g/mol. The van der Waals surface area contributed by atoms with Crippen molar-refractivity contribution in [3.63, 3.8) is 0 Å². The topological polar surface area (TPSA) is 105 Å². The molecule has 0 radical (unpaired) electrons. The second kappa shape index (κ2) is 7.04. The van der Waals surface area contributed by atoms with Gasteiger partial charge in [0.2, 0.25) is 0 Å². The van der Waals surface area contributed by atoms with E-state index in [1.54, 1.807) is 48.5 Å². The molecule has 0 unspecified atom stereocenters. The highest BCUT2D eigenvalue weighted by Crippen LogP contribution is 2.31. The number of carboxylic acid groups (broad SMARTS) is 1. The Morgan fingerprint density at radius 3 is 2.96 bits per heavy atom. The zero-order valence-electron chi connectivity index (χ0n) is 13.9. The summed E-state index contributed by atoms with van der Waals surface area (Å²) < 4.78 is 7.04. The molecule has 2 N–H and O–H groups in total. The van der Waals surface area contributed by atoms with E-state index >= 15 is 0 Å². The van der Waals surface area contributed by atoms with Crippen molar-refractivity contribution < 1.29 is 14.6 Å². The summed E-state index contributed by atoms with van der Waals surface area (Å²) in [4.78, 5) is 20.7. The molecule has 0 aromatic carbocycles. The first-order valence-corrected chi connectivity index (χ1v) is 7.61. The third kappa shape index (κ3) is 3.44. The number of nitrogens with zero attached hydrogens (tertiary/aromatic N) is 5. The Kier molecular flexibility index (Phi) is 4.64. The van der Waals surface area contributed by atoms with Crippen LogP contribution in [0.25, 0.3) is 16.8 Å². The van der Waals surface area contributed by atoms with E-state index in [-0.39, 0.29) is 0 Å². The van der Waals surface area contributed by atoms with E-state index in [9.17, 15) is 4.79 Å². The Labute approximate surface area is 143 Å². The minimum Gasteiger partial charge on any atom is -0.496 e. The predicted octanol–water partition coefficient (Wildman–Crippen LogP) is 1.82. The molecular formula is C16H18N6O3. The number of hydrogen-bond donors (Lipinski definition) is 2.